The zero-order valence-corrected chi connectivity index (χ0v) is 38.6. The van der Waals surface area contributed by atoms with Gasteiger partial charge in [0.15, 0.2) is 0 Å². The van der Waals surface area contributed by atoms with Crippen molar-refractivity contribution in [2.24, 2.45) is 35.3 Å². The monoisotopic (exact) mass is 874 g/mol. The van der Waals surface area contributed by atoms with Gasteiger partial charge in [0.25, 0.3) is 0 Å². The largest absolute Gasteiger partial charge is 0.342 e. The fourth-order valence-corrected chi connectivity index (χ4v) is 8.43. The van der Waals surface area contributed by atoms with Gasteiger partial charge < -0.3 is 43.0 Å². The second-order valence-corrected chi connectivity index (χ2v) is 18.8. The first-order valence-electron chi connectivity index (χ1n) is 21.2. The van der Waals surface area contributed by atoms with Crippen LogP contribution in [0.4, 0.5) is 0 Å². The lowest BCUT2D eigenvalue weighted by molar-refractivity contribution is -0.137. The zero-order chi connectivity index (χ0) is 45.1. The number of hydrogen-bond acceptors (Lipinski definition) is 10. The summed E-state index contributed by atoms with van der Waals surface area (Å²) in [5, 5.41) is 19.8. The molecule has 1 aliphatic heterocycles. The molecule has 15 nitrogen and oxygen atoms in total. The molecule has 1 fully saturated rings. The van der Waals surface area contributed by atoms with E-state index in [0.29, 0.717) is 25.7 Å². The molecule has 2 rings (SSSR count). The maximum atomic E-state index is 14.2. The average molecular weight is 875 g/mol. The molecule has 6 unspecified atom stereocenters. The van der Waals surface area contributed by atoms with Crippen molar-refractivity contribution >= 4 is 69.0 Å². The van der Waals surface area contributed by atoms with Gasteiger partial charge in [-0.2, -0.15) is 0 Å². The summed E-state index contributed by atoms with van der Waals surface area (Å²) in [7, 11) is 2.39. The van der Waals surface area contributed by atoms with E-state index in [2.05, 4.69) is 37.2 Å². The minimum Gasteiger partial charge on any atom is -0.342 e. The minimum atomic E-state index is -1.14. The molecule has 7 amide bonds. The first-order valence-corrected chi connectivity index (χ1v) is 23.7. The highest BCUT2D eigenvalue weighted by Crippen LogP contribution is 2.24. The summed E-state index contributed by atoms with van der Waals surface area (Å²) in [5.74, 6) is -5.71. The van der Waals surface area contributed by atoms with Gasteiger partial charge in [0.05, 0.1) is 6.04 Å². The summed E-state index contributed by atoms with van der Waals surface area (Å²) in [6.45, 7) is 18.3. The highest BCUT2D eigenvalue weighted by molar-refractivity contribution is 8.76. The van der Waals surface area contributed by atoms with Crippen molar-refractivity contribution in [3.63, 3.8) is 0 Å². The highest BCUT2D eigenvalue weighted by Gasteiger charge is 2.38. The third-order valence-electron chi connectivity index (χ3n) is 11.3. The summed E-state index contributed by atoms with van der Waals surface area (Å²) in [4.78, 5) is 97.6. The molecule has 60 heavy (non-hydrogen) atoms. The number of benzene rings is 1. The van der Waals surface area contributed by atoms with E-state index in [1.165, 1.54) is 27.8 Å². The van der Waals surface area contributed by atoms with Crippen LogP contribution in [-0.4, -0.2) is 95.1 Å². The van der Waals surface area contributed by atoms with E-state index in [9.17, 15) is 33.6 Å². The van der Waals surface area contributed by atoms with Crippen LogP contribution in [-0.2, 0) is 33.6 Å². The maximum Gasteiger partial charge on any atom is 0.247 e. The van der Waals surface area contributed by atoms with Gasteiger partial charge in [-0.3, -0.25) is 33.6 Å². The van der Waals surface area contributed by atoms with Gasteiger partial charge in [0.2, 0.25) is 41.4 Å². The molecule has 1 saturated heterocycles. The van der Waals surface area contributed by atoms with Crippen LogP contribution in [0.5, 0.6) is 0 Å². The first kappa shape index (κ1) is 52.0. The molecule has 1 heterocycles. The fraction of sp³-hybridized carbons (Fsp3) is 0.651. The molecule has 0 aliphatic carbocycles. The second-order valence-electron chi connectivity index (χ2n) is 16.2. The Morgan fingerprint density at radius 2 is 1.05 bits per heavy atom. The lowest BCUT2D eigenvalue weighted by Crippen LogP contribution is -2.63. The molecule has 0 aromatic heterocycles. The molecule has 0 bridgehead atoms. The molecule has 1 aromatic rings. The topological polar surface area (TPSA) is 230 Å². The number of carbonyl (C=O) groups excluding carboxylic acids is 7. The quantitative estimate of drug-likeness (QED) is 0.127. The molecule has 0 saturated carbocycles. The van der Waals surface area contributed by atoms with Gasteiger partial charge in [0, 0.05) is 17.7 Å². The SMILES string of the molecule is CCC(C)[C@@H]1NC(=O)C(NC(=O)[C@@H](N)C(C)C)CSSCC(C(=O)N/C=C\c2ccccc2)NC(=O)[C@H](C(C)CC)NC(=O)[C@H](C(C)CC)NC(=O)[C@H](C(C)CC)NC1=O. The predicted octanol–water partition coefficient (Wildman–Crippen LogP) is 3.25. The normalized spacial score (nSPS) is 25.6. The highest BCUT2D eigenvalue weighted by atomic mass is 33.1. The molecule has 0 spiro atoms. The van der Waals surface area contributed by atoms with E-state index >= 15 is 0 Å². The van der Waals surface area contributed by atoms with E-state index in [1.807, 2.05) is 78.8 Å². The van der Waals surface area contributed by atoms with Crippen molar-refractivity contribution in [1.82, 2.24) is 37.2 Å². The Bertz CT molecular complexity index is 1620. The van der Waals surface area contributed by atoms with Crippen molar-refractivity contribution in [3.8, 4) is 0 Å². The summed E-state index contributed by atoms with van der Waals surface area (Å²) in [6.07, 6.45) is 5.22. The van der Waals surface area contributed by atoms with Gasteiger partial charge in [-0.05, 0) is 41.2 Å². The molecule has 17 heteroatoms. The van der Waals surface area contributed by atoms with Crippen LogP contribution in [0.2, 0.25) is 0 Å². The molecule has 11 atom stereocenters. The third-order valence-corrected chi connectivity index (χ3v) is 13.7. The summed E-state index contributed by atoms with van der Waals surface area (Å²) >= 11 is 0. The Morgan fingerprint density at radius 1 is 0.650 bits per heavy atom. The second kappa shape index (κ2) is 26.3. The van der Waals surface area contributed by atoms with Gasteiger partial charge >= 0.3 is 0 Å². The van der Waals surface area contributed by atoms with Crippen molar-refractivity contribution in [2.45, 2.75) is 137 Å². The third kappa shape index (κ3) is 16.1. The average Bonchev–Trinajstić information content (AvgIpc) is 3.24. The predicted molar refractivity (Wildman–Crippen MR) is 241 cm³/mol. The van der Waals surface area contributed by atoms with Crippen molar-refractivity contribution in [1.29, 1.82) is 0 Å². The van der Waals surface area contributed by atoms with Crippen molar-refractivity contribution in [2.75, 3.05) is 11.5 Å². The van der Waals surface area contributed by atoms with E-state index in [-0.39, 0.29) is 41.1 Å². The first-order chi connectivity index (χ1) is 28.4. The van der Waals surface area contributed by atoms with Gasteiger partial charge in [-0.25, -0.2) is 0 Å². The lowest BCUT2D eigenvalue weighted by Gasteiger charge is -2.33. The van der Waals surface area contributed by atoms with Gasteiger partial charge in [-0.1, -0.05) is 147 Å². The van der Waals surface area contributed by atoms with Crippen LogP contribution >= 0.6 is 21.6 Å². The Balaban J connectivity index is 2.68. The molecule has 1 aromatic carbocycles. The van der Waals surface area contributed by atoms with Crippen LogP contribution < -0.4 is 43.0 Å². The lowest BCUT2D eigenvalue weighted by atomic mass is 9.92. The van der Waals surface area contributed by atoms with Crippen LogP contribution in [0.3, 0.4) is 0 Å². The van der Waals surface area contributed by atoms with E-state index in [1.54, 1.807) is 26.8 Å². The van der Waals surface area contributed by atoms with Crippen LogP contribution in [0, 0.1) is 29.6 Å². The number of rotatable bonds is 14. The standard InChI is InChI=1S/C43H70N8O7S2/c1-11-25(7)33-40(55)47-30(37(52)45-21-20-29-18-16-15-17-19-29)22-59-60-23-31(46-39(54)32(44)24(5)6)38(53)48-34(26(8)12-2)41(56)50-36(28(10)14-4)43(58)51-35(27(9)13-3)42(57)49-33/h15-21,24-28,30-36H,11-14,22-23,44H2,1-10H3,(H,45,52)(H,46,54)(H,47,55)(H,48,53)(H,49,57)(H,50,56)(H,51,58)/b21-20-/t25?,26?,27?,28?,30?,31?,32-,33-,34-,35-,36-/m0/s1. The molecule has 336 valence electrons. The number of nitrogens with one attached hydrogen (secondary N) is 7. The molecule has 0 radical (unpaired) electrons. The molecular formula is C43H70N8O7S2. The molecule has 9 N–H and O–H groups in total. The van der Waals surface area contributed by atoms with Crippen LogP contribution in [0.25, 0.3) is 6.08 Å². The number of hydrogen-bond donors (Lipinski definition) is 8. The van der Waals surface area contributed by atoms with Gasteiger partial charge in [-0.15, -0.1) is 0 Å². The smallest absolute Gasteiger partial charge is 0.247 e. The minimum absolute atomic E-state index is 0.0124. The van der Waals surface area contributed by atoms with Gasteiger partial charge in [0.1, 0.15) is 36.3 Å². The fourth-order valence-electron chi connectivity index (χ4n) is 6.11. The van der Waals surface area contributed by atoms with Crippen molar-refractivity contribution < 1.29 is 33.6 Å². The van der Waals surface area contributed by atoms with E-state index < -0.39 is 83.6 Å². The molecular weight excluding hydrogens is 805 g/mol. The summed E-state index contributed by atoms with van der Waals surface area (Å²) in [5.41, 5.74) is 7.01. The molecule has 1 aliphatic rings. The van der Waals surface area contributed by atoms with Crippen molar-refractivity contribution in [3.05, 3.63) is 42.1 Å². The Labute approximate surface area is 364 Å². The van der Waals surface area contributed by atoms with Crippen LogP contribution in [0.1, 0.15) is 100 Å². The zero-order valence-electron chi connectivity index (χ0n) is 37.0. The number of amides is 7. The Kier molecular flexibility index (Phi) is 22.8. The Morgan fingerprint density at radius 3 is 1.47 bits per heavy atom. The van der Waals surface area contributed by atoms with E-state index in [0.717, 1.165) is 5.56 Å². The van der Waals surface area contributed by atoms with Crippen LogP contribution in [0.15, 0.2) is 36.5 Å². The summed E-state index contributed by atoms with van der Waals surface area (Å²) < 4.78 is 0. The number of carbonyl (C=O) groups is 7. The summed E-state index contributed by atoms with van der Waals surface area (Å²) in [6, 6.07) is 1.88. The maximum absolute atomic E-state index is 14.2. The Hall–Kier alpha value is -4.09. The van der Waals surface area contributed by atoms with E-state index in [4.69, 9.17) is 5.73 Å². The number of nitrogens with two attached hydrogens (primary N) is 1.